The summed E-state index contributed by atoms with van der Waals surface area (Å²) in [5.41, 5.74) is 7.58. The van der Waals surface area contributed by atoms with E-state index in [1.807, 2.05) is 19.9 Å². The molecule has 0 bridgehead atoms. The molecule has 0 saturated heterocycles. The molecule has 0 radical (unpaired) electrons. The number of anilines is 1. The Morgan fingerprint density at radius 1 is 1.35 bits per heavy atom. The van der Waals surface area contributed by atoms with E-state index < -0.39 is 0 Å². The third kappa shape index (κ3) is 2.21. The maximum absolute atomic E-state index is 12.3. The first-order chi connectivity index (χ1) is 8.00. The predicted octanol–water partition coefficient (Wildman–Crippen LogP) is 3.83. The lowest BCUT2D eigenvalue weighted by Gasteiger charge is -2.05. The van der Waals surface area contributed by atoms with Crippen LogP contribution in [0.5, 0.6) is 0 Å². The van der Waals surface area contributed by atoms with Crippen molar-refractivity contribution in [1.82, 2.24) is 0 Å². The number of thiophene rings is 1. The van der Waals surface area contributed by atoms with Gasteiger partial charge in [0.2, 0.25) is 5.78 Å². The SMILES string of the molecule is Cc1cc(C)c(C(=O)c2cccc(N)c2Cl)s1. The monoisotopic (exact) mass is 265 g/mol. The number of aryl methyl sites for hydroxylation is 2. The Hall–Kier alpha value is -1.32. The summed E-state index contributed by atoms with van der Waals surface area (Å²) in [6, 6.07) is 7.13. The van der Waals surface area contributed by atoms with Gasteiger partial charge in [-0.2, -0.15) is 0 Å². The first kappa shape index (κ1) is 12.1. The highest BCUT2D eigenvalue weighted by Gasteiger charge is 2.18. The van der Waals surface area contributed by atoms with Gasteiger partial charge in [-0.1, -0.05) is 17.7 Å². The highest BCUT2D eigenvalue weighted by Crippen LogP contribution is 2.29. The fraction of sp³-hybridized carbons (Fsp3) is 0.154. The van der Waals surface area contributed by atoms with Gasteiger partial charge >= 0.3 is 0 Å². The fourth-order valence-electron chi connectivity index (χ4n) is 1.71. The zero-order valence-corrected chi connectivity index (χ0v) is 11.2. The van der Waals surface area contributed by atoms with Gasteiger partial charge in [0.25, 0.3) is 0 Å². The zero-order chi connectivity index (χ0) is 12.6. The van der Waals surface area contributed by atoms with Crippen molar-refractivity contribution >= 4 is 34.4 Å². The van der Waals surface area contributed by atoms with E-state index in [0.29, 0.717) is 16.3 Å². The molecule has 2 aromatic rings. The second-order valence-corrected chi connectivity index (χ2v) is 5.54. The van der Waals surface area contributed by atoms with Crippen LogP contribution in [0.4, 0.5) is 5.69 Å². The third-order valence-electron chi connectivity index (χ3n) is 2.52. The number of nitrogens with two attached hydrogens (primary N) is 1. The second-order valence-electron chi connectivity index (χ2n) is 3.91. The topological polar surface area (TPSA) is 43.1 Å². The second kappa shape index (κ2) is 4.51. The molecule has 1 heterocycles. The minimum absolute atomic E-state index is 0.0575. The van der Waals surface area contributed by atoms with Crippen molar-refractivity contribution in [3.63, 3.8) is 0 Å². The summed E-state index contributed by atoms with van der Waals surface area (Å²) in [6.45, 7) is 3.91. The van der Waals surface area contributed by atoms with Gasteiger partial charge in [0.1, 0.15) is 0 Å². The molecule has 0 atom stereocenters. The molecule has 2 rings (SSSR count). The van der Waals surface area contributed by atoms with Gasteiger partial charge in [-0.25, -0.2) is 0 Å². The predicted molar refractivity (Wildman–Crippen MR) is 73.1 cm³/mol. The van der Waals surface area contributed by atoms with Crippen LogP contribution in [-0.4, -0.2) is 5.78 Å². The van der Waals surface area contributed by atoms with Crippen molar-refractivity contribution in [2.24, 2.45) is 0 Å². The third-order valence-corrected chi connectivity index (χ3v) is 4.09. The van der Waals surface area contributed by atoms with Gasteiger partial charge in [0, 0.05) is 10.4 Å². The summed E-state index contributed by atoms with van der Waals surface area (Å²) in [7, 11) is 0. The molecule has 2 nitrogen and oxygen atoms in total. The molecule has 88 valence electrons. The Kier molecular flexibility index (Phi) is 3.22. The molecule has 0 fully saturated rings. The molecule has 0 saturated carbocycles. The van der Waals surface area contributed by atoms with E-state index in [9.17, 15) is 4.79 Å². The standard InChI is InChI=1S/C13H12ClNOS/c1-7-6-8(2)17-13(7)12(16)9-4-3-5-10(15)11(9)14/h3-6H,15H2,1-2H3. The average Bonchev–Trinajstić information content (AvgIpc) is 2.61. The van der Waals surface area contributed by atoms with Crippen LogP contribution in [0.25, 0.3) is 0 Å². The Morgan fingerprint density at radius 3 is 2.65 bits per heavy atom. The van der Waals surface area contributed by atoms with Crippen LogP contribution in [-0.2, 0) is 0 Å². The lowest BCUT2D eigenvalue weighted by Crippen LogP contribution is -2.03. The number of hydrogen-bond acceptors (Lipinski definition) is 3. The van der Waals surface area contributed by atoms with Crippen LogP contribution in [0.2, 0.25) is 5.02 Å². The number of benzene rings is 1. The van der Waals surface area contributed by atoms with Crippen LogP contribution < -0.4 is 5.73 Å². The van der Waals surface area contributed by atoms with E-state index in [1.54, 1.807) is 18.2 Å². The number of carbonyl (C=O) groups is 1. The van der Waals surface area contributed by atoms with Crippen LogP contribution in [0, 0.1) is 13.8 Å². The van der Waals surface area contributed by atoms with E-state index in [1.165, 1.54) is 11.3 Å². The molecule has 0 aliphatic heterocycles. The maximum atomic E-state index is 12.3. The first-order valence-electron chi connectivity index (χ1n) is 5.16. The highest BCUT2D eigenvalue weighted by atomic mass is 35.5. The van der Waals surface area contributed by atoms with Gasteiger partial charge in [0.05, 0.1) is 15.6 Å². The number of hydrogen-bond donors (Lipinski definition) is 1. The summed E-state index contributed by atoms with van der Waals surface area (Å²) in [5, 5.41) is 0.336. The summed E-state index contributed by atoms with van der Waals surface area (Å²) < 4.78 is 0. The number of halogens is 1. The number of ketones is 1. The highest BCUT2D eigenvalue weighted by molar-refractivity contribution is 7.14. The largest absolute Gasteiger partial charge is 0.398 e. The van der Waals surface area contributed by atoms with Gasteiger partial charge in [-0.05, 0) is 37.6 Å². The summed E-state index contributed by atoms with van der Waals surface area (Å²) >= 11 is 7.54. The molecule has 2 N–H and O–H groups in total. The van der Waals surface area contributed by atoms with Crippen molar-refractivity contribution in [3.05, 3.63) is 50.2 Å². The molecule has 0 amide bonds. The van der Waals surface area contributed by atoms with Crippen LogP contribution in [0.1, 0.15) is 25.7 Å². The Labute approximate surface area is 109 Å². The molecular weight excluding hydrogens is 254 g/mol. The number of nitrogen functional groups attached to an aromatic ring is 1. The summed E-state index contributed by atoms with van der Waals surface area (Å²) in [5.74, 6) is -0.0575. The molecule has 0 unspecified atom stereocenters. The quantitative estimate of drug-likeness (QED) is 0.662. The van der Waals surface area contributed by atoms with Gasteiger partial charge in [-0.15, -0.1) is 11.3 Å². The molecule has 4 heteroatoms. The van der Waals surface area contributed by atoms with E-state index in [0.717, 1.165) is 15.3 Å². The van der Waals surface area contributed by atoms with Crippen LogP contribution in [0.15, 0.2) is 24.3 Å². The van der Waals surface area contributed by atoms with E-state index in [4.69, 9.17) is 17.3 Å². The molecule has 1 aromatic carbocycles. The van der Waals surface area contributed by atoms with Crippen LogP contribution >= 0.6 is 22.9 Å². The average molecular weight is 266 g/mol. The van der Waals surface area contributed by atoms with Crippen molar-refractivity contribution in [1.29, 1.82) is 0 Å². The smallest absolute Gasteiger partial charge is 0.204 e. The molecular formula is C13H12ClNOS. The minimum Gasteiger partial charge on any atom is -0.398 e. The van der Waals surface area contributed by atoms with Crippen molar-refractivity contribution in [3.8, 4) is 0 Å². The molecule has 17 heavy (non-hydrogen) atoms. The maximum Gasteiger partial charge on any atom is 0.204 e. The van der Waals surface area contributed by atoms with Gasteiger partial charge in [0.15, 0.2) is 0 Å². The van der Waals surface area contributed by atoms with E-state index in [2.05, 4.69) is 0 Å². The van der Waals surface area contributed by atoms with Crippen molar-refractivity contribution in [2.45, 2.75) is 13.8 Å². The molecule has 0 spiro atoms. The lowest BCUT2D eigenvalue weighted by molar-refractivity contribution is 0.104. The first-order valence-corrected chi connectivity index (χ1v) is 6.36. The fourth-order valence-corrected chi connectivity index (χ4v) is 2.91. The van der Waals surface area contributed by atoms with Crippen LogP contribution in [0.3, 0.4) is 0 Å². The van der Waals surface area contributed by atoms with Gasteiger partial charge < -0.3 is 5.73 Å². The van der Waals surface area contributed by atoms with Crippen molar-refractivity contribution < 1.29 is 4.79 Å². The molecule has 0 aliphatic rings. The normalized spacial score (nSPS) is 10.5. The Balaban J connectivity index is 2.51. The zero-order valence-electron chi connectivity index (χ0n) is 9.58. The van der Waals surface area contributed by atoms with Crippen molar-refractivity contribution in [2.75, 3.05) is 5.73 Å². The Morgan fingerprint density at radius 2 is 2.06 bits per heavy atom. The molecule has 1 aromatic heterocycles. The molecule has 0 aliphatic carbocycles. The van der Waals surface area contributed by atoms with E-state index in [-0.39, 0.29) is 5.78 Å². The van der Waals surface area contributed by atoms with Gasteiger partial charge in [-0.3, -0.25) is 4.79 Å². The lowest BCUT2D eigenvalue weighted by atomic mass is 10.1. The van der Waals surface area contributed by atoms with E-state index >= 15 is 0 Å². The minimum atomic E-state index is -0.0575. The number of rotatable bonds is 2. The Bertz CT molecular complexity index is 589. The summed E-state index contributed by atoms with van der Waals surface area (Å²) in [6.07, 6.45) is 0. The summed E-state index contributed by atoms with van der Waals surface area (Å²) in [4.78, 5) is 14.2. The number of carbonyl (C=O) groups excluding carboxylic acids is 1.